The van der Waals surface area contributed by atoms with Crippen molar-refractivity contribution in [3.8, 4) is 11.4 Å². The van der Waals surface area contributed by atoms with E-state index in [4.69, 9.17) is 4.42 Å². The van der Waals surface area contributed by atoms with Gasteiger partial charge in [0, 0.05) is 17.7 Å². The van der Waals surface area contributed by atoms with Crippen LogP contribution in [0.25, 0.3) is 23.2 Å². The lowest BCUT2D eigenvalue weighted by molar-refractivity contribution is -0.116. The number of nitrogens with one attached hydrogen (secondary N) is 1. The summed E-state index contributed by atoms with van der Waals surface area (Å²) in [5, 5.41) is 15.1. The van der Waals surface area contributed by atoms with Gasteiger partial charge in [0.2, 0.25) is 0 Å². The van der Waals surface area contributed by atoms with Gasteiger partial charge in [-0.1, -0.05) is 49.6 Å². The molecule has 0 radical (unpaired) electrons. The second-order valence-corrected chi connectivity index (χ2v) is 6.63. The lowest BCUT2D eigenvalue weighted by Crippen LogP contribution is -2.37. The van der Waals surface area contributed by atoms with Crippen molar-refractivity contribution in [2.24, 2.45) is 0 Å². The van der Waals surface area contributed by atoms with Crippen molar-refractivity contribution in [3.05, 3.63) is 54.5 Å². The molecule has 1 aliphatic rings. The fourth-order valence-electron chi connectivity index (χ4n) is 3.35. The first-order valence-electron chi connectivity index (χ1n) is 9.21. The number of nitrogens with zero attached hydrogens (tertiary/aromatic N) is 4. The maximum Gasteiger partial charge on any atom is 0.270 e. The zero-order valence-corrected chi connectivity index (χ0v) is 14.9. The number of amides is 1. The number of carbonyl (C=O) groups excluding carboxylic acids is 1. The van der Waals surface area contributed by atoms with Crippen molar-refractivity contribution in [1.82, 2.24) is 25.5 Å². The number of rotatable bonds is 5. The average Bonchev–Trinajstić information content (AvgIpc) is 3.39. The predicted molar refractivity (Wildman–Crippen MR) is 101 cm³/mol. The fraction of sp³-hybridized carbons (Fsp3) is 0.300. The Hall–Kier alpha value is -3.22. The molecule has 1 fully saturated rings. The summed E-state index contributed by atoms with van der Waals surface area (Å²) in [6, 6.07) is 13.3. The minimum absolute atomic E-state index is 0.183. The van der Waals surface area contributed by atoms with E-state index in [1.54, 1.807) is 24.5 Å². The van der Waals surface area contributed by atoms with Crippen molar-refractivity contribution >= 4 is 17.7 Å². The van der Waals surface area contributed by atoms with Crippen molar-refractivity contribution in [3.63, 3.8) is 0 Å². The quantitative estimate of drug-likeness (QED) is 0.702. The Morgan fingerprint density at radius 3 is 2.67 bits per heavy atom. The molecule has 2 aromatic heterocycles. The number of carbonyl (C=O) groups is 1. The maximum atomic E-state index is 13.1. The molecule has 1 aliphatic carbocycles. The molecule has 0 aliphatic heterocycles. The molecule has 1 saturated carbocycles. The lowest BCUT2D eigenvalue weighted by atomic mass is 9.95. The van der Waals surface area contributed by atoms with Crippen LogP contribution in [0.3, 0.4) is 0 Å². The van der Waals surface area contributed by atoms with Crippen molar-refractivity contribution in [2.75, 3.05) is 0 Å². The van der Waals surface area contributed by atoms with Crippen molar-refractivity contribution in [1.29, 1.82) is 0 Å². The Morgan fingerprint density at radius 2 is 1.93 bits per heavy atom. The molecule has 0 unspecified atom stereocenters. The molecule has 7 heteroatoms. The van der Waals surface area contributed by atoms with Crippen LogP contribution in [-0.4, -0.2) is 32.2 Å². The van der Waals surface area contributed by atoms with Gasteiger partial charge in [0.05, 0.1) is 6.26 Å². The summed E-state index contributed by atoms with van der Waals surface area (Å²) in [7, 11) is 0. The largest absolute Gasteiger partial charge is 0.465 e. The van der Waals surface area contributed by atoms with E-state index in [2.05, 4.69) is 20.8 Å². The molecular weight excluding hydrogens is 342 g/mol. The highest BCUT2D eigenvalue weighted by molar-refractivity contribution is 6.18. The molecule has 1 aromatic carbocycles. The van der Waals surface area contributed by atoms with Crippen LogP contribution in [0.2, 0.25) is 0 Å². The number of hydrogen-bond acceptors (Lipinski definition) is 5. The standard InChI is InChI=1S/C20H21N5O2/c26-20(21-16-10-5-2-6-11-16)18(14-17-12-7-13-27-17)25-19(22-23-24-25)15-8-3-1-4-9-15/h1,3-4,7-9,12-14,16H,2,5-6,10-11H2,(H,21,26)/b18-14-. The Kier molecular flexibility index (Phi) is 5.09. The van der Waals surface area contributed by atoms with Gasteiger partial charge in [-0.2, -0.15) is 4.68 Å². The van der Waals surface area contributed by atoms with E-state index in [0.717, 1.165) is 31.2 Å². The minimum Gasteiger partial charge on any atom is -0.465 e. The molecule has 0 atom stereocenters. The molecule has 0 saturated heterocycles. The second-order valence-electron chi connectivity index (χ2n) is 6.63. The third kappa shape index (κ3) is 3.97. The summed E-state index contributed by atoms with van der Waals surface area (Å²) in [6.45, 7) is 0. The second kappa shape index (κ2) is 7.99. The predicted octanol–water partition coefficient (Wildman–Crippen LogP) is 3.38. The topological polar surface area (TPSA) is 85.8 Å². The van der Waals surface area contributed by atoms with E-state index in [1.165, 1.54) is 11.1 Å². The summed E-state index contributed by atoms with van der Waals surface area (Å²) < 4.78 is 6.88. The molecule has 7 nitrogen and oxygen atoms in total. The third-order valence-electron chi connectivity index (χ3n) is 4.72. The van der Waals surface area contributed by atoms with Gasteiger partial charge >= 0.3 is 0 Å². The number of hydrogen-bond donors (Lipinski definition) is 1. The Labute approximate surface area is 157 Å². The van der Waals surface area contributed by atoms with Gasteiger partial charge in [-0.15, -0.1) is 5.10 Å². The SMILES string of the molecule is O=C(NC1CCCCC1)/C(=C/c1ccco1)n1nnnc1-c1ccccc1. The molecule has 4 rings (SSSR count). The molecular formula is C20H21N5O2. The van der Waals surface area contributed by atoms with Gasteiger partial charge in [-0.3, -0.25) is 4.79 Å². The molecule has 27 heavy (non-hydrogen) atoms. The monoisotopic (exact) mass is 363 g/mol. The Morgan fingerprint density at radius 1 is 1.11 bits per heavy atom. The highest BCUT2D eigenvalue weighted by atomic mass is 16.3. The molecule has 2 heterocycles. The van der Waals surface area contributed by atoms with Crippen LogP contribution < -0.4 is 5.32 Å². The summed E-state index contributed by atoms with van der Waals surface area (Å²) in [6.07, 6.45) is 8.75. The van der Waals surface area contributed by atoms with Crippen LogP contribution >= 0.6 is 0 Å². The highest BCUT2D eigenvalue weighted by Gasteiger charge is 2.23. The van der Waals surface area contributed by atoms with Gasteiger partial charge in [0.25, 0.3) is 5.91 Å². The number of aromatic nitrogens is 4. The van der Waals surface area contributed by atoms with Crippen LogP contribution in [-0.2, 0) is 4.79 Å². The lowest BCUT2D eigenvalue weighted by Gasteiger charge is -2.23. The normalized spacial score (nSPS) is 15.6. The summed E-state index contributed by atoms with van der Waals surface area (Å²) in [5.74, 6) is 0.869. The Bertz CT molecular complexity index is 909. The van der Waals surface area contributed by atoms with Gasteiger partial charge in [-0.25, -0.2) is 0 Å². The third-order valence-corrected chi connectivity index (χ3v) is 4.72. The number of tetrazole rings is 1. The summed E-state index contributed by atoms with van der Waals surface area (Å²) in [5.41, 5.74) is 1.16. The van der Waals surface area contributed by atoms with Gasteiger partial charge in [-0.05, 0) is 35.4 Å². The van der Waals surface area contributed by atoms with E-state index in [0.29, 0.717) is 17.3 Å². The van der Waals surface area contributed by atoms with Crippen LogP contribution in [0, 0.1) is 0 Å². The van der Waals surface area contributed by atoms with E-state index < -0.39 is 0 Å². The number of benzene rings is 1. The van der Waals surface area contributed by atoms with Crippen LogP contribution in [0.4, 0.5) is 0 Å². The molecule has 0 spiro atoms. The molecule has 1 N–H and O–H groups in total. The van der Waals surface area contributed by atoms with Crippen LogP contribution in [0.1, 0.15) is 37.9 Å². The van der Waals surface area contributed by atoms with E-state index in [-0.39, 0.29) is 11.9 Å². The zero-order chi connectivity index (χ0) is 18.5. The first kappa shape index (κ1) is 17.2. The number of furan rings is 1. The molecule has 1 amide bonds. The van der Waals surface area contributed by atoms with E-state index in [1.807, 2.05) is 30.3 Å². The van der Waals surface area contributed by atoms with Gasteiger partial charge in [0.1, 0.15) is 11.5 Å². The summed E-state index contributed by atoms with van der Waals surface area (Å²) >= 11 is 0. The summed E-state index contributed by atoms with van der Waals surface area (Å²) in [4.78, 5) is 13.1. The van der Waals surface area contributed by atoms with E-state index in [9.17, 15) is 4.79 Å². The molecule has 3 aromatic rings. The average molecular weight is 363 g/mol. The van der Waals surface area contributed by atoms with Gasteiger partial charge in [0.15, 0.2) is 5.82 Å². The van der Waals surface area contributed by atoms with Crippen molar-refractivity contribution in [2.45, 2.75) is 38.1 Å². The smallest absolute Gasteiger partial charge is 0.270 e. The Balaban J connectivity index is 1.69. The first-order chi connectivity index (χ1) is 13.3. The fourth-order valence-corrected chi connectivity index (χ4v) is 3.35. The highest BCUT2D eigenvalue weighted by Crippen LogP contribution is 2.22. The maximum absolute atomic E-state index is 13.1. The first-order valence-corrected chi connectivity index (χ1v) is 9.21. The van der Waals surface area contributed by atoms with Crippen LogP contribution in [0.15, 0.2) is 53.1 Å². The zero-order valence-electron chi connectivity index (χ0n) is 14.9. The molecule has 0 bridgehead atoms. The minimum atomic E-state index is -0.206. The van der Waals surface area contributed by atoms with Crippen molar-refractivity contribution < 1.29 is 9.21 Å². The van der Waals surface area contributed by atoms with E-state index >= 15 is 0 Å². The van der Waals surface area contributed by atoms with Gasteiger partial charge < -0.3 is 9.73 Å². The molecule has 138 valence electrons. The van der Waals surface area contributed by atoms with Crippen LogP contribution in [0.5, 0.6) is 0 Å².